The maximum absolute atomic E-state index is 11.8. The molecule has 1 fully saturated rings. The molecule has 1 saturated heterocycles. The third-order valence-electron chi connectivity index (χ3n) is 5.41. The number of aromatic carboxylic acids is 1. The number of aryl methyl sites for hydroxylation is 1. The fourth-order valence-corrected chi connectivity index (χ4v) is 5.02. The minimum absolute atomic E-state index is 0.0913. The Hall–Kier alpha value is -3.13. The average Bonchev–Trinajstić information content (AvgIpc) is 2.79. The Morgan fingerprint density at radius 1 is 1.30 bits per heavy atom. The van der Waals surface area contributed by atoms with Gasteiger partial charge in [-0.05, 0) is 37.6 Å². The second-order valence-electron chi connectivity index (χ2n) is 7.77. The van der Waals surface area contributed by atoms with E-state index in [1.165, 1.54) is 6.07 Å². The normalized spacial score (nSPS) is 15.3. The zero-order valence-electron chi connectivity index (χ0n) is 18.0. The number of carboxylic acid groups (broad SMARTS) is 1. The highest BCUT2D eigenvalue weighted by atomic mass is 35.5. The van der Waals surface area contributed by atoms with Crippen molar-refractivity contribution in [2.45, 2.75) is 19.9 Å². The van der Waals surface area contributed by atoms with Crippen LogP contribution < -0.4 is 10.2 Å². The first-order chi connectivity index (χ1) is 15.8. The lowest BCUT2D eigenvalue weighted by Gasteiger charge is -2.29. The summed E-state index contributed by atoms with van der Waals surface area (Å²) in [4.78, 5) is 26.9. The number of carboxylic acids is 1. The minimum Gasteiger partial charge on any atom is -0.616 e. The highest BCUT2D eigenvalue weighted by Crippen LogP contribution is 2.31. The first kappa shape index (κ1) is 23.0. The summed E-state index contributed by atoms with van der Waals surface area (Å²) in [6, 6.07) is 8.71. The van der Waals surface area contributed by atoms with E-state index in [-0.39, 0.29) is 22.6 Å². The number of pyridine rings is 1. The van der Waals surface area contributed by atoms with Crippen molar-refractivity contribution in [1.29, 1.82) is 5.26 Å². The number of nitrogens with one attached hydrogen (secondary N) is 1. The molecule has 2 N–H and O–H groups in total. The molecule has 3 aromatic rings. The highest BCUT2D eigenvalue weighted by molar-refractivity contribution is 7.91. The summed E-state index contributed by atoms with van der Waals surface area (Å²) in [5.41, 5.74) is 3.29. The van der Waals surface area contributed by atoms with Crippen LogP contribution in [0.15, 0.2) is 24.3 Å². The maximum Gasteiger partial charge on any atom is 0.356 e. The van der Waals surface area contributed by atoms with E-state index < -0.39 is 17.1 Å². The van der Waals surface area contributed by atoms with Crippen molar-refractivity contribution in [2.24, 2.45) is 0 Å². The predicted octanol–water partition coefficient (Wildman–Crippen LogP) is 3.30. The van der Waals surface area contributed by atoms with Gasteiger partial charge in [0.25, 0.3) is 0 Å². The zero-order valence-corrected chi connectivity index (χ0v) is 19.6. The van der Waals surface area contributed by atoms with Gasteiger partial charge in [-0.15, -0.1) is 0 Å². The van der Waals surface area contributed by atoms with Gasteiger partial charge in [0.2, 0.25) is 0 Å². The summed E-state index contributed by atoms with van der Waals surface area (Å²) in [6.45, 7) is 4.88. The van der Waals surface area contributed by atoms with Gasteiger partial charge >= 0.3 is 5.97 Å². The Morgan fingerprint density at radius 3 is 2.70 bits per heavy atom. The summed E-state index contributed by atoms with van der Waals surface area (Å²) in [6.07, 6.45) is 0. The van der Waals surface area contributed by atoms with Crippen LogP contribution >= 0.6 is 11.6 Å². The van der Waals surface area contributed by atoms with Crippen molar-refractivity contribution in [1.82, 2.24) is 15.0 Å². The predicted molar refractivity (Wildman–Crippen MR) is 127 cm³/mol. The summed E-state index contributed by atoms with van der Waals surface area (Å²) in [5, 5.41) is 22.5. The number of carbonyl (C=O) groups is 1. The maximum atomic E-state index is 11.8. The monoisotopic (exact) mass is 484 g/mol. The summed E-state index contributed by atoms with van der Waals surface area (Å²) in [7, 11) is 0. The summed E-state index contributed by atoms with van der Waals surface area (Å²) >= 11 is 5.01. The molecule has 170 valence electrons. The molecular weight excluding hydrogens is 464 g/mol. The summed E-state index contributed by atoms with van der Waals surface area (Å²) in [5.74, 6) is 0.318. The van der Waals surface area contributed by atoms with E-state index in [2.05, 4.69) is 21.4 Å². The molecule has 1 aliphatic heterocycles. The second kappa shape index (κ2) is 9.39. The summed E-state index contributed by atoms with van der Waals surface area (Å²) < 4.78 is 11.8. The molecule has 1 aromatic carbocycles. The molecule has 0 amide bonds. The smallest absolute Gasteiger partial charge is 0.356 e. The number of nitriles is 1. The van der Waals surface area contributed by atoms with Crippen LogP contribution in [0, 0.1) is 18.3 Å². The van der Waals surface area contributed by atoms with E-state index in [0.29, 0.717) is 47.1 Å². The van der Waals surface area contributed by atoms with Gasteiger partial charge < -0.3 is 19.9 Å². The van der Waals surface area contributed by atoms with E-state index in [1.807, 2.05) is 30.9 Å². The Kier molecular flexibility index (Phi) is 6.56. The molecule has 9 nitrogen and oxygen atoms in total. The standard InChI is InChI=1S/C22H21ClN6O3S/c1-12-9-14(13(2)25-15-3-4-18(23)27-20(15)22(30)31)19-16(10-12)26-17(11-24)21(28-19)29-5-7-33(32)8-6-29/h3-4,9-10,13,25H,5-8H2,1-2H3,(H,30,31)/t13-/m1/s1. The number of halogens is 1. The van der Waals surface area contributed by atoms with Crippen LogP contribution in [-0.2, 0) is 11.2 Å². The van der Waals surface area contributed by atoms with E-state index in [0.717, 1.165) is 11.1 Å². The topological polar surface area (TPSA) is 138 Å². The lowest BCUT2D eigenvalue weighted by molar-refractivity contribution is 0.0691. The number of hydrogen-bond donors (Lipinski definition) is 2. The molecular formula is C22H21ClN6O3S. The Bertz CT molecular complexity index is 1270. The van der Waals surface area contributed by atoms with Gasteiger partial charge in [-0.3, -0.25) is 0 Å². The second-order valence-corrected chi connectivity index (χ2v) is 9.85. The molecule has 1 atom stereocenters. The Labute approximate surface area is 198 Å². The van der Waals surface area contributed by atoms with E-state index in [1.54, 1.807) is 6.07 Å². The lowest BCUT2D eigenvalue weighted by atomic mass is 10.0. The molecule has 0 unspecified atom stereocenters. The number of hydrogen-bond acceptors (Lipinski definition) is 8. The SMILES string of the molecule is Cc1cc([C@@H](C)Nc2ccc(Cl)nc2C(=O)O)c2nc(N3CC[S+]([O-])CC3)c(C#N)nc2c1. The van der Waals surface area contributed by atoms with Gasteiger partial charge in [0.1, 0.15) is 22.7 Å². The fourth-order valence-electron chi connectivity index (χ4n) is 3.82. The van der Waals surface area contributed by atoms with Gasteiger partial charge in [-0.25, -0.2) is 19.7 Å². The number of benzene rings is 1. The largest absolute Gasteiger partial charge is 0.616 e. The first-order valence-electron chi connectivity index (χ1n) is 10.3. The molecule has 0 saturated carbocycles. The average molecular weight is 485 g/mol. The molecule has 0 bridgehead atoms. The first-order valence-corrected chi connectivity index (χ1v) is 12.1. The number of nitrogens with zero attached hydrogens (tertiary/aromatic N) is 5. The molecule has 1 aliphatic rings. The van der Waals surface area contributed by atoms with Crippen LogP contribution in [0.1, 0.15) is 40.3 Å². The third-order valence-corrected chi connectivity index (χ3v) is 6.90. The van der Waals surface area contributed by atoms with E-state index in [4.69, 9.17) is 16.6 Å². The van der Waals surface area contributed by atoms with Crippen molar-refractivity contribution >= 4 is 51.3 Å². The highest BCUT2D eigenvalue weighted by Gasteiger charge is 2.25. The van der Waals surface area contributed by atoms with Crippen LogP contribution in [0.3, 0.4) is 0 Å². The minimum atomic E-state index is -1.19. The molecule has 0 aliphatic carbocycles. The quantitative estimate of drug-likeness (QED) is 0.412. The zero-order chi connectivity index (χ0) is 23.7. The molecule has 0 radical (unpaired) electrons. The van der Waals surface area contributed by atoms with E-state index in [9.17, 15) is 19.7 Å². The lowest BCUT2D eigenvalue weighted by Crippen LogP contribution is -2.41. The third kappa shape index (κ3) is 4.80. The van der Waals surface area contributed by atoms with Gasteiger partial charge in [-0.2, -0.15) is 5.26 Å². The van der Waals surface area contributed by atoms with Crippen molar-refractivity contribution in [3.8, 4) is 6.07 Å². The van der Waals surface area contributed by atoms with Crippen LogP contribution in [0.5, 0.6) is 0 Å². The van der Waals surface area contributed by atoms with Crippen LogP contribution in [0.25, 0.3) is 11.0 Å². The van der Waals surface area contributed by atoms with Gasteiger partial charge in [0, 0.05) is 5.56 Å². The molecule has 2 aromatic heterocycles. The van der Waals surface area contributed by atoms with Gasteiger partial charge in [-0.1, -0.05) is 28.8 Å². The van der Waals surface area contributed by atoms with Crippen molar-refractivity contribution < 1.29 is 14.5 Å². The number of rotatable bonds is 5. The van der Waals surface area contributed by atoms with Crippen LogP contribution in [-0.4, -0.2) is 55.2 Å². The molecule has 3 heterocycles. The van der Waals surface area contributed by atoms with Gasteiger partial charge in [0.15, 0.2) is 17.2 Å². The van der Waals surface area contributed by atoms with Crippen LogP contribution in [0.4, 0.5) is 11.5 Å². The molecule has 4 rings (SSSR count). The Morgan fingerprint density at radius 2 is 2.03 bits per heavy atom. The van der Waals surface area contributed by atoms with E-state index >= 15 is 0 Å². The fraction of sp³-hybridized carbons (Fsp3) is 0.318. The molecule has 33 heavy (non-hydrogen) atoms. The molecule has 11 heteroatoms. The Balaban J connectivity index is 1.78. The number of anilines is 2. The van der Waals surface area contributed by atoms with Gasteiger partial charge in [0.05, 0.1) is 35.9 Å². The number of fused-ring (bicyclic) bond motifs is 1. The van der Waals surface area contributed by atoms with Crippen molar-refractivity contribution in [3.63, 3.8) is 0 Å². The van der Waals surface area contributed by atoms with Crippen molar-refractivity contribution in [2.75, 3.05) is 34.8 Å². The number of aromatic nitrogens is 3. The molecule has 0 spiro atoms. The van der Waals surface area contributed by atoms with Crippen LogP contribution in [0.2, 0.25) is 5.15 Å². The van der Waals surface area contributed by atoms with Crippen molar-refractivity contribution in [3.05, 3.63) is 51.9 Å².